The number of quaternary nitrogens is 1. The smallest absolute Gasteiger partial charge is 0.547 e. The number of aliphatic hydroxyl groups is 2. The fourth-order valence-corrected chi connectivity index (χ4v) is 0.258. The number of carbonyl (C=O) groups excluding carboxylic acids is 2. The van der Waals surface area contributed by atoms with Crippen molar-refractivity contribution in [1.29, 1.82) is 0 Å². The fourth-order valence-electron chi connectivity index (χ4n) is 0.258. The maximum absolute atomic E-state index is 9.63. The number of hydrogen-bond donors (Lipinski definition) is 3. The van der Waals surface area contributed by atoms with E-state index in [2.05, 4.69) is 0 Å². The number of aliphatic hydroxyl groups excluding tert-OH is 2. The van der Waals surface area contributed by atoms with Gasteiger partial charge in [-0.05, 0) is 0 Å². The van der Waals surface area contributed by atoms with Crippen molar-refractivity contribution in [1.82, 2.24) is 6.15 Å². The topological polar surface area (TPSA) is 157 Å². The van der Waals surface area contributed by atoms with E-state index in [1.54, 1.807) is 0 Å². The van der Waals surface area contributed by atoms with Crippen LogP contribution < -0.4 is 16.4 Å². The minimum Gasteiger partial charge on any atom is -0.547 e. The SMILES string of the molecule is O=C([O-])C(O)C(O)C(=O)[O-].[Cu+].[NH4+]. The summed E-state index contributed by atoms with van der Waals surface area (Å²) in [6.07, 6.45) is -4.88. The number of aliphatic carboxylic acids is 2. The molecule has 0 aliphatic carbocycles. The third-order valence-corrected chi connectivity index (χ3v) is 0.782. The fraction of sp³-hybridized carbons (Fsp3) is 0.500. The van der Waals surface area contributed by atoms with Crippen molar-refractivity contribution in [2.45, 2.75) is 12.2 Å². The Kier molecular flexibility index (Phi) is 10.2. The van der Waals surface area contributed by atoms with Crippen molar-refractivity contribution in [2.24, 2.45) is 0 Å². The van der Waals surface area contributed by atoms with E-state index in [0.29, 0.717) is 0 Å². The average molecular weight is 230 g/mol. The van der Waals surface area contributed by atoms with Gasteiger partial charge in [-0.1, -0.05) is 0 Å². The van der Waals surface area contributed by atoms with Gasteiger partial charge in [0.05, 0.1) is 11.9 Å². The largest absolute Gasteiger partial charge is 1.00 e. The van der Waals surface area contributed by atoms with E-state index in [-0.39, 0.29) is 23.2 Å². The Morgan fingerprint density at radius 1 is 1.00 bits per heavy atom. The molecule has 76 valence electrons. The van der Waals surface area contributed by atoms with Crippen LogP contribution in [0.25, 0.3) is 0 Å². The van der Waals surface area contributed by atoms with Crippen LogP contribution in [0.3, 0.4) is 0 Å². The second-order valence-corrected chi connectivity index (χ2v) is 1.53. The molecule has 0 aromatic rings. The number of hydrogen-bond acceptors (Lipinski definition) is 6. The van der Waals surface area contributed by atoms with Crippen LogP contribution in [0.4, 0.5) is 0 Å². The molecule has 8 heteroatoms. The Bertz CT molecular complexity index is 144. The predicted octanol–water partition coefficient (Wildman–Crippen LogP) is -4.42. The maximum Gasteiger partial charge on any atom is 1.00 e. The van der Waals surface area contributed by atoms with Gasteiger partial charge >= 0.3 is 17.1 Å². The molecular weight excluding hydrogens is 222 g/mol. The molecule has 0 heterocycles. The number of carboxylic acid groups (broad SMARTS) is 2. The molecule has 0 aliphatic heterocycles. The summed E-state index contributed by atoms with van der Waals surface area (Å²) < 4.78 is 0. The zero-order valence-corrected chi connectivity index (χ0v) is 6.93. The Labute approximate surface area is 78.1 Å². The molecule has 7 nitrogen and oxygen atoms in total. The summed E-state index contributed by atoms with van der Waals surface area (Å²) in [4.78, 5) is 19.3. The van der Waals surface area contributed by atoms with Crippen molar-refractivity contribution < 1.29 is 47.1 Å². The van der Waals surface area contributed by atoms with Gasteiger partial charge in [0.25, 0.3) is 0 Å². The van der Waals surface area contributed by atoms with Crippen LogP contribution >= 0.6 is 0 Å². The first kappa shape index (κ1) is 17.4. The van der Waals surface area contributed by atoms with E-state index in [1.165, 1.54) is 0 Å². The summed E-state index contributed by atoms with van der Waals surface area (Å²) in [5, 5.41) is 35.7. The molecule has 0 bridgehead atoms. The van der Waals surface area contributed by atoms with E-state index >= 15 is 0 Å². The molecule has 12 heavy (non-hydrogen) atoms. The van der Waals surface area contributed by atoms with Gasteiger partial charge in [0, 0.05) is 0 Å². The van der Waals surface area contributed by atoms with Crippen molar-refractivity contribution in [3.8, 4) is 0 Å². The van der Waals surface area contributed by atoms with Gasteiger partial charge in [-0.25, -0.2) is 0 Å². The third kappa shape index (κ3) is 5.05. The molecule has 0 saturated carbocycles. The molecule has 0 spiro atoms. The van der Waals surface area contributed by atoms with Crippen LogP contribution in [-0.2, 0) is 26.7 Å². The van der Waals surface area contributed by atoms with Gasteiger partial charge in [-0.15, -0.1) is 0 Å². The van der Waals surface area contributed by atoms with Crippen LogP contribution in [0, 0.1) is 0 Å². The van der Waals surface area contributed by atoms with Crippen LogP contribution in [0.15, 0.2) is 0 Å². The zero-order chi connectivity index (χ0) is 8.31. The molecule has 0 aliphatic rings. The molecule has 0 aromatic carbocycles. The zero-order valence-electron chi connectivity index (χ0n) is 5.98. The Hall–Kier alpha value is -0.661. The van der Waals surface area contributed by atoms with Gasteiger partial charge in [-0.2, -0.15) is 0 Å². The Balaban J connectivity index is -0.000000405. The van der Waals surface area contributed by atoms with E-state index < -0.39 is 24.1 Å². The summed E-state index contributed by atoms with van der Waals surface area (Å²) in [5.41, 5.74) is 0. The Morgan fingerprint density at radius 2 is 1.17 bits per heavy atom. The summed E-state index contributed by atoms with van der Waals surface area (Å²) in [6.45, 7) is 0. The monoisotopic (exact) mass is 229 g/mol. The molecule has 0 amide bonds. The van der Waals surface area contributed by atoms with E-state index in [1.807, 2.05) is 0 Å². The van der Waals surface area contributed by atoms with Crippen molar-refractivity contribution in [3.63, 3.8) is 0 Å². The minimum absolute atomic E-state index is 0. The van der Waals surface area contributed by atoms with Crippen molar-refractivity contribution in [3.05, 3.63) is 0 Å². The standard InChI is InChI=1S/C4H6O6.Cu.H3N/c5-1(3(7)8)2(6)4(9)10;;/h1-2,5-6H,(H,7,8)(H,9,10);;1H3/q;+1;/p-1. The normalized spacial score (nSPS) is 13.2. The van der Waals surface area contributed by atoms with Crippen LogP contribution in [0.5, 0.6) is 0 Å². The number of rotatable bonds is 3. The van der Waals surface area contributed by atoms with Crippen LogP contribution in [-0.4, -0.2) is 34.4 Å². The number of carboxylic acids is 2. The van der Waals surface area contributed by atoms with E-state index in [0.717, 1.165) is 0 Å². The molecule has 0 saturated heterocycles. The maximum atomic E-state index is 9.63. The molecule has 2 atom stereocenters. The molecule has 0 fully saturated rings. The molecule has 0 rings (SSSR count). The second-order valence-electron chi connectivity index (χ2n) is 1.53. The van der Waals surface area contributed by atoms with Gasteiger partial charge in [0.15, 0.2) is 0 Å². The van der Waals surface area contributed by atoms with E-state index in [9.17, 15) is 19.8 Å². The van der Waals surface area contributed by atoms with Gasteiger partial charge in [0.1, 0.15) is 12.2 Å². The first-order chi connectivity index (χ1) is 4.46. The predicted molar refractivity (Wildman–Crippen MR) is 28.0 cm³/mol. The van der Waals surface area contributed by atoms with Crippen LogP contribution in [0.2, 0.25) is 0 Å². The first-order valence-electron chi connectivity index (χ1n) is 2.24. The summed E-state index contributed by atoms with van der Waals surface area (Å²) in [6, 6.07) is 0. The molecular formula is C4H8CuNO6. The van der Waals surface area contributed by atoms with E-state index in [4.69, 9.17) is 10.2 Å². The third-order valence-electron chi connectivity index (χ3n) is 0.782. The summed E-state index contributed by atoms with van der Waals surface area (Å²) in [7, 11) is 0. The first-order valence-corrected chi connectivity index (χ1v) is 2.24. The van der Waals surface area contributed by atoms with Gasteiger partial charge < -0.3 is 36.2 Å². The summed E-state index contributed by atoms with van der Waals surface area (Å²) >= 11 is 0. The average Bonchev–Trinajstić information content (AvgIpc) is 1.84. The minimum atomic E-state index is -2.44. The molecule has 2 unspecified atom stereocenters. The molecule has 6 N–H and O–H groups in total. The quantitative estimate of drug-likeness (QED) is 0.415. The summed E-state index contributed by atoms with van der Waals surface area (Å²) in [5.74, 6) is -4.12. The van der Waals surface area contributed by atoms with Gasteiger partial charge in [-0.3, -0.25) is 0 Å². The van der Waals surface area contributed by atoms with Crippen molar-refractivity contribution >= 4 is 11.9 Å². The van der Waals surface area contributed by atoms with Crippen molar-refractivity contribution in [2.75, 3.05) is 0 Å². The second kappa shape index (κ2) is 7.01. The molecule has 0 radical (unpaired) electrons. The van der Waals surface area contributed by atoms with Gasteiger partial charge in [0.2, 0.25) is 0 Å². The number of carbonyl (C=O) groups is 2. The molecule has 0 aromatic heterocycles. The van der Waals surface area contributed by atoms with Crippen LogP contribution in [0.1, 0.15) is 0 Å². The Morgan fingerprint density at radius 3 is 1.25 bits per heavy atom.